The van der Waals surface area contributed by atoms with Crippen LogP contribution in [0.2, 0.25) is 0 Å². The van der Waals surface area contributed by atoms with Gasteiger partial charge in [0.15, 0.2) is 5.78 Å². The molecule has 1 aromatic rings. The molecule has 2 aliphatic rings. The zero-order chi connectivity index (χ0) is 14.8. The Morgan fingerprint density at radius 3 is 2.24 bits per heavy atom. The lowest BCUT2D eigenvalue weighted by Crippen LogP contribution is -2.48. The highest BCUT2D eigenvalue weighted by atomic mass is 16.1. The first-order valence-corrected chi connectivity index (χ1v) is 8.23. The quantitative estimate of drug-likeness (QED) is 0.778. The van der Waals surface area contributed by atoms with Gasteiger partial charge in [-0.15, -0.1) is 0 Å². The molecule has 3 rings (SSSR count). The average Bonchev–Trinajstić information content (AvgIpc) is 3.33. The van der Waals surface area contributed by atoms with E-state index in [0.717, 1.165) is 37.8 Å². The van der Waals surface area contributed by atoms with Crippen LogP contribution in [-0.4, -0.2) is 54.3 Å². The second-order valence-electron chi connectivity index (χ2n) is 6.74. The van der Waals surface area contributed by atoms with Crippen molar-refractivity contribution in [2.24, 2.45) is 0 Å². The molecule has 21 heavy (non-hydrogen) atoms. The van der Waals surface area contributed by atoms with Gasteiger partial charge in [0.05, 0.1) is 6.54 Å². The molecular formula is C18H26N2O. The predicted molar refractivity (Wildman–Crippen MR) is 85.9 cm³/mol. The van der Waals surface area contributed by atoms with Crippen LogP contribution in [0.25, 0.3) is 0 Å². The van der Waals surface area contributed by atoms with Gasteiger partial charge in [0.1, 0.15) is 0 Å². The lowest BCUT2D eigenvalue weighted by atomic mass is 10.0. The molecule has 2 fully saturated rings. The first kappa shape index (κ1) is 14.7. The normalized spacial score (nSPS) is 20.9. The minimum absolute atomic E-state index is 0.255. The Kier molecular flexibility index (Phi) is 4.41. The number of hydrogen-bond donors (Lipinski definition) is 0. The topological polar surface area (TPSA) is 23.6 Å². The van der Waals surface area contributed by atoms with Gasteiger partial charge >= 0.3 is 0 Å². The minimum Gasteiger partial charge on any atom is -0.298 e. The number of piperazine rings is 1. The van der Waals surface area contributed by atoms with Crippen molar-refractivity contribution < 1.29 is 4.79 Å². The highest BCUT2D eigenvalue weighted by Crippen LogP contribution is 2.27. The van der Waals surface area contributed by atoms with Crippen molar-refractivity contribution in [1.29, 1.82) is 0 Å². The average molecular weight is 286 g/mol. The predicted octanol–water partition coefficient (Wildman–Crippen LogP) is 2.77. The summed E-state index contributed by atoms with van der Waals surface area (Å²) in [6.45, 7) is 9.25. The summed E-state index contributed by atoms with van der Waals surface area (Å²) in [5.41, 5.74) is 2.15. The van der Waals surface area contributed by atoms with Gasteiger partial charge in [-0.3, -0.25) is 14.6 Å². The molecule has 0 spiro atoms. The van der Waals surface area contributed by atoms with Crippen molar-refractivity contribution in [3.05, 3.63) is 35.4 Å². The summed E-state index contributed by atoms with van der Waals surface area (Å²) in [6, 6.07) is 8.99. The molecule has 1 aromatic carbocycles. The van der Waals surface area contributed by atoms with Gasteiger partial charge in [0.25, 0.3) is 0 Å². The number of ketones is 1. The molecule has 1 heterocycles. The molecule has 0 amide bonds. The number of hydrogen-bond acceptors (Lipinski definition) is 3. The van der Waals surface area contributed by atoms with Gasteiger partial charge in [-0.05, 0) is 24.3 Å². The Hall–Kier alpha value is -1.19. The van der Waals surface area contributed by atoms with E-state index in [-0.39, 0.29) is 5.78 Å². The molecule has 0 atom stereocenters. The van der Waals surface area contributed by atoms with E-state index >= 15 is 0 Å². The molecule has 0 bridgehead atoms. The molecule has 0 radical (unpaired) electrons. The largest absolute Gasteiger partial charge is 0.298 e. The monoisotopic (exact) mass is 286 g/mol. The van der Waals surface area contributed by atoms with E-state index in [0.29, 0.717) is 12.5 Å². The zero-order valence-electron chi connectivity index (χ0n) is 13.2. The molecule has 0 aromatic heterocycles. The standard InChI is InChI=1S/C18H26N2O/c1-14(2)15-3-5-16(6-4-15)18(21)13-19-9-11-20(12-10-19)17-7-8-17/h3-6,14,17H,7-13H2,1-2H3. The van der Waals surface area contributed by atoms with Gasteiger partial charge in [0, 0.05) is 37.8 Å². The lowest BCUT2D eigenvalue weighted by molar-refractivity contribution is 0.0843. The number of benzene rings is 1. The smallest absolute Gasteiger partial charge is 0.176 e. The summed E-state index contributed by atoms with van der Waals surface area (Å²) in [5.74, 6) is 0.773. The van der Waals surface area contributed by atoms with Gasteiger partial charge < -0.3 is 0 Å². The van der Waals surface area contributed by atoms with Crippen LogP contribution in [0.5, 0.6) is 0 Å². The van der Waals surface area contributed by atoms with E-state index in [4.69, 9.17) is 0 Å². The van der Waals surface area contributed by atoms with Crippen molar-refractivity contribution in [3.63, 3.8) is 0 Å². The fourth-order valence-corrected chi connectivity index (χ4v) is 3.07. The maximum absolute atomic E-state index is 12.4. The van der Waals surface area contributed by atoms with Gasteiger partial charge in [-0.25, -0.2) is 0 Å². The number of Topliss-reactive ketones (excluding diaryl/α,β-unsaturated/α-hetero) is 1. The SMILES string of the molecule is CC(C)c1ccc(C(=O)CN2CCN(C3CC3)CC2)cc1. The van der Waals surface area contributed by atoms with Crippen LogP contribution in [0.1, 0.15) is 48.5 Å². The van der Waals surface area contributed by atoms with E-state index in [1.807, 2.05) is 12.1 Å². The second-order valence-corrected chi connectivity index (χ2v) is 6.74. The summed E-state index contributed by atoms with van der Waals surface area (Å²) in [7, 11) is 0. The minimum atomic E-state index is 0.255. The zero-order valence-corrected chi connectivity index (χ0v) is 13.2. The molecule has 1 aliphatic heterocycles. The molecule has 0 N–H and O–H groups in total. The van der Waals surface area contributed by atoms with Crippen LogP contribution in [0.15, 0.2) is 24.3 Å². The third-order valence-electron chi connectivity index (χ3n) is 4.74. The maximum Gasteiger partial charge on any atom is 0.176 e. The van der Waals surface area contributed by atoms with Gasteiger partial charge in [-0.2, -0.15) is 0 Å². The number of carbonyl (C=O) groups excluding carboxylic acids is 1. The highest BCUT2D eigenvalue weighted by molar-refractivity contribution is 5.97. The molecule has 114 valence electrons. The van der Waals surface area contributed by atoms with Crippen molar-refractivity contribution in [2.75, 3.05) is 32.7 Å². The molecular weight excluding hydrogens is 260 g/mol. The molecule has 1 saturated carbocycles. The number of carbonyl (C=O) groups is 1. The third kappa shape index (κ3) is 3.72. The van der Waals surface area contributed by atoms with Crippen LogP contribution < -0.4 is 0 Å². The van der Waals surface area contributed by atoms with Gasteiger partial charge in [0.2, 0.25) is 0 Å². The molecule has 0 unspecified atom stereocenters. The van der Waals surface area contributed by atoms with Crippen LogP contribution in [0.3, 0.4) is 0 Å². The van der Waals surface area contributed by atoms with E-state index < -0.39 is 0 Å². The Morgan fingerprint density at radius 1 is 1.10 bits per heavy atom. The number of rotatable bonds is 5. The first-order valence-electron chi connectivity index (χ1n) is 8.23. The van der Waals surface area contributed by atoms with Crippen molar-refractivity contribution >= 4 is 5.78 Å². The summed E-state index contributed by atoms with van der Waals surface area (Å²) in [6.07, 6.45) is 2.75. The van der Waals surface area contributed by atoms with Crippen molar-refractivity contribution in [3.8, 4) is 0 Å². The second kappa shape index (κ2) is 6.29. The van der Waals surface area contributed by atoms with Crippen LogP contribution in [0, 0.1) is 0 Å². The molecule has 3 heteroatoms. The van der Waals surface area contributed by atoms with Crippen LogP contribution in [0.4, 0.5) is 0 Å². The van der Waals surface area contributed by atoms with Crippen molar-refractivity contribution in [1.82, 2.24) is 9.80 Å². The molecule has 1 saturated heterocycles. The third-order valence-corrected chi connectivity index (χ3v) is 4.74. The number of nitrogens with zero attached hydrogens (tertiary/aromatic N) is 2. The van der Waals surface area contributed by atoms with E-state index in [1.165, 1.54) is 18.4 Å². The Balaban J connectivity index is 1.51. The Morgan fingerprint density at radius 2 is 1.71 bits per heavy atom. The van der Waals surface area contributed by atoms with E-state index in [2.05, 4.69) is 35.8 Å². The lowest BCUT2D eigenvalue weighted by Gasteiger charge is -2.34. The fraction of sp³-hybridized carbons (Fsp3) is 0.611. The first-order chi connectivity index (χ1) is 10.1. The van der Waals surface area contributed by atoms with E-state index in [1.54, 1.807) is 0 Å². The summed E-state index contributed by atoms with van der Waals surface area (Å²) in [5, 5.41) is 0. The van der Waals surface area contributed by atoms with Crippen LogP contribution in [-0.2, 0) is 0 Å². The summed E-state index contributed by atoms with van der Waals surface area (Å²) in [4.78, 5) is 17.3. The summed E-state index contributed by atoms with van der Waals surface area (Å²) < 4.78 is 0. The molecule has 3 nitrogen and oxygen atoms in total. The van der Waals surface area contributed by atoms with Crippen LogP contribution >= 0.6 is 0 Å². The Labute approximate surface area is 127 Å². The Bertz CT molecular complexity index is 482. The highest BCUT2D eigenvalue weighted by Gasteiger charge is 2.31. The maximum atomic E-state index is 12.4. The van der Waals surface area contributed by atoms with Gasteiger partial charge in [-0.1, -0.05) is 38.1 Å². The van der Waals surface area contributed by atoms with Crippen molar-refractivity contribution in [2.45, 2.75) is 38.6 Å². The fourth-order valence-electron chi connectivity index (χ4n) is 3.07. The van der Waals surface area contributed by atoms with E-state index in [9.17, 15) is 4.79 Å². The molecule has 1 aliphatic carbocycles. The summed E-state index contributed by atoms with van der Waals surface area (Å²) >= 11 is 0.